The van der Waals surface area contributed by atoms with Crippen LogP contribution < -0.4 is 0 Å². The maximum absolute atomic E-state index is 12.1. The molecule has 2 rings (SSSR count). The van der Waals surface area contributed by atoms with E-state index in [0.717, 1.165) is 0 Å². The number of carbonyl (C=O) groups is 2. The number of carboxylic acids is 1. The Morgan fingerprint density at radius 1 is 1.15 bits per heavy atom. The van der Waals surface area contributed by atoms with Gasteiger partial charge in [-0.25, -0.2) is 12.7 Å². The summed E-state index contributed by atoms with van der Waals surface area (Å²) in [5, 5.41) is 8.78. The van der Waals surface area contributed by atoms with Crippen molar-refractivity contribution in [1.82, 2.24) is 9.21 Å². The van der Waals surface area contributed by atoms with Gasteiger partial charge in [0.2, 0.25) is 15.9 Å². The zero-order valence-corrected chi connectivity index (χ0v) is 12.3. The maximum atomic E-state index is 12.1. The lowest BCUT2D eigenvalue weighted by Gasteiger charge is -2.40. The van der Waals surface area contributed by atoms with Gasteiger partial charge in [0.15, 0.2) is 0 Å². The predicted molar refractivity (Wildman–Crippen MR) is 71.5 cm³/mol. The Morgan fingerprint density at radius 2 is 1.70 bits per heavy atom. The normalized spacial score (nSPS) is 22.6. The molecule has 8 heteroatoms. The molecule has 0 radical (unpaired) electrons. The van der Waals surface area contributed by atoms with Crippen LogP contribution in [0.5, 0.6) is 0 Å². The molecule has 2 aliphatic rings. The summed E-state index contributed by atoms with van der Waals surface area (Å²) in [5.41, 5.74) is 0. The highest BCUT2D eigenvalue weighted by molar-refractivity contribution is 7.89. The minimum atomic E-state index is -3.17. The van der Waals surface area contributed by atoms with Gasteiger partial charge < -0.3 is 10.0 Å². The summed E-state index contributed by atoms with van der Waals surface area (Å²) < 4.78 is 24.9. The lowest BCUT2D eigenvalue weighted by molar-refractivity contribution is -0.155. The molecule has 1 amide bonds. The molecule has 2 heterocycles. The van der Waals surface area contributed by atoms with E-state index in [0.29, 0.717) is 25.9 Å². The van der Waals surface area contributed by atoms with Crippen LogP contribution in [0.2, 0.25) is 0 Å². The third kappa shape index (κ3) is 2.95. The van der Waals surface area contributed by atoms with E-state index in [-0.39, 0.29) is 30.7 Å². The number of likely N-dealkylation sites (tertiary alicyclic amines) is 1. The quantitative estimate of drug-likeness (QED) is 0.762. The second-order valence-corrected chi connectivity index (χ2v) is 7.61. The van der Waals surface area contributed by atoms with E-state index in [1.807, 2.05) is 0 Å². The summed E-state index contributed by atoms with van der Waals surface area (Å²) in [7, 11) is -3.17. The van der Waals surface area contributed by atoms with Crippen molar-refractivity contribution >= 4 is 21.9 Å². The Balaban J connectivity index is 1.83. The topological polar surface area (TPSA) is 95.0 Å². The number of hydrogen-bond donors (Lipinski definition) is 1. The van der Waals surface area contributed by atoms with E-state index in [4.69, 9.17) is 5.11 Å². The first-order valence-corrected chi connectivity index (χ1v) is 8.45. The Kier molecular flexibility index (Phi) is 4.33. The van der Waals surface area contributed by atoms with Crippen molar-refractivity contribution in [2.24, 2.45) is 11.8 Å². The molecular weight excluding hydrogens is 284 g/mol. The minimum absolute atomic E-state index is 0.0314. The number of piperidine rings is 1. The van der Waals surface area contributed by atoms with Gasteiger partial charge in [-0.05, 0) is 19.8 Å². The van der Waals surface area contributed by atoms with Crippen molar-refractivity contribution in [2.75, 3.05) is 31.9 Å². The minimum Gasteiger partial charge on any atom is -0.481 e. The van der Waals surface area contributed by atoms with Gasteiger partial charge in [-0.15, -0.1) is 0 Å². The number of hydrogen-bond acceptors (Lipinski definition) is 4. The van der Waals surface area contributed by atoms with Crippen LogP contribution in [0.15, 0.2) is 0 Å². The highest BCUT2D eigenvalue weighted by atomic mass is 32.2. The Bertz CT molecular complexity index is 490. The number of aliphatic carboxylic acids is 1. The van der Waals surface area contributed by atoms with Crippen molar-refractivity contribution in [1.29, 1.82) is 0 Å². The third-order valence-corrected chi connectivity index (χ3v) is 5.99. The van der Waals surface area contributed by atoms with Crippen LogP contribution in [0.1, 0.15) is 19.8 Å². The number of amides is 1. The first-order chi connectivity index (χ1) is 9.35. The molecule has 0 bridgehead atoms. The van der Waals surface area contributed by atoms with Crippen molar-refractivity contribution in [3.8, 4) is 0 Å². The van der Waals surface area contributed by atoms with E-state index in [1.54, 1.807) is 11.8 Å². The second-order valence-electron chi connectivity index (χ2n) is 5.35. The van der Waals surface area contributed by atoms with Crippen LogP contribution >= 0.6 is 0 Å². The van der Waals surface area contributed by atoms with Crippen LogP contribution in [0.25, 0.3) is 0 Å². The second kappa shape index (κ2) is 5.69. The fourth-order valence-electron chi connectivity index (χ4n) is 2.64. The maximum Gasteiger partial charge on any atom is 0.310 e. The first-order valence-electron chi connectivity index (χ1n) is 6.84. The summed E-state index contributed by atoms with van der Waals surface area (Å²) in [6.45, 7) is 2.92. The summed E-state index contributed by atoms with van der Waals surface area (Å²) >= 11 is 0. The number of rotatable bonds is 4. The van der Waals surface area contributed by atoms with Gasteiger partial charge in [0.1, 0.15) is 0 Å². The highest BCUT2D eigenvalue weighted by Gasteiger charge is 2.39. The Labute approximate surface area is 118 Å². The molecule has 7 nitrogen and oxygen atoms in total. The molecule has 0 atom stereocenters. The fourth-order valence-corrected chi connectivity index (χ4v) is 3.77. The molecule has 1 N–H and O–H groups in total. The molecule has 0 saturated carbocycles. The van der Waals surface area contributed by atoms with E-state index < -0.39 is 21.9 Å². The standard InChI is InChI=1S/C12H20N2O5S/c1-2-20(18,19)14-5-3-9(4-6-14)11(15)13-7-10(8-13)12(16)17/h9-10H,2-8H2,1H3,(H,16,17). The molecule has 0 spiro atoms. The van der Waals surface area contributed by atoms with Crippen LogP contribution in [0, 0.1) is 11.8 Å². The van der Waals surface area contributed by atoms with Crippen molar-refractivity contribution in [2.45, 2.75) is 19.8 Å². The number of nitrogens with zero attached hydrogens (tertiary/aromatic N) is 2. The van der Waals surface area contributed by atoms with Crippen LogP contribution in [-0.4, -0.2) is 66.5 Å². The Morgan fingerprint density at radius 3 is 2.15 bits per heavy atom. The van der Waals surface area contributed by atoms with E-state index in [1.165, 1.54) is 4.31 Å². The molecule has 114 valence electrons. The third-order valence-electron chi connectivity index (χ3n) is 4.10. The molecule has 0 aromatic carbocycles. The summed E-state index contributed by atoms with van der Waals surface area (Å²) in [5.74, 6) is -1.43. The predicted octanol–water partition coefficient (Wildman–Crippen LogP) is -0.409. The average Bonchev–Trinajstić information content (AvgIpc) is 2.36. The SMILES string of the molecule is CCS(=O)(=O)N1CCC(C(=O)N2CC(C(=O)O)C2)CC1. The molecule has 2 fully saturated rings. The van der Waals surface area contributed by atoms with E-state index in [2.05, 4.69) is 0 Å². The van der Waals surface area contributed by atoms with Gasteiger partial charge in [0.05, 0.1) is 11.7 Å². The first kappa shape index (κ1) is 15.2. The number of carbonyl (C=O) groups excluding carboxylic acids is 1. The highest BCUT2D eigenvalue weighted by Crippen LogP contribution is 2.25. The summed E-state index contributed by atoms with van der Waals surface area (Å²) in [6, 6.07) is 0. The van der Waals surface area contributed by atoms with Gasteiger partial charge in [-0.2, -0.15) is 0 Å². The lowest BCUT2D eigenvalue weighted by atomic mass is 9.92. The van der Waals surface area contributed by atoms with Gasteiger partial charge in [-0.3, -0.25) is 9.59 Å². The molecule has 0 unspecified atom stereocenters. The number of carboxylic acid groups (broad SMARTS) is 1. The smallest absolute Gasteiger partial charge is 0.310 e. The molecular formula is C12H20N2O5S. The van der Waals surface area contributed by atoms with Crippen LogP contribution in [-0.2, 0) is 19.6 Å². The molecule has 2 aliphatic heterocycles. The van der Waals surface area contributed by atoms with Gasteiger partial charge in [-0.1, -0.05) is 0 Å². The summed E-state index contributed by atoms with van der Waals surface area (Å²) in [6.07, 6.45) is 1.04. The van der Waals surface area contributed by atoms with Gasteiger partial charge in [0.25, 0.3) is 0 Å². The molecule has 2 saturated heterocycles. The van der Waals surface area contributed by atoms with E-state index >= 15 is 0 Å². The van der Waals surface area contributed by atoms with Crippen LogP contribution in [0.3, 0.4) is 0 Å². The number of sulfonamides is 1. The fraction of sp³-hybridized carbons (Fsp3) is 0.833. The monoisotopic (exact) mass is 304 g/mol. The largest absolute Gasteiger partial charge is 0.481 e. The van der Waals surface area contributed by atoms with Crippen molar-refractivity contribution < 1.29 is 23.1 Å². The van der Waals surface area contributed by atoms with Gasteiger partial charge in [0, 0.05) is 32.1 Å². The molecule has 0 aromatic heterocycles. The molecule has 20 heavy (non-hydrogen) atoms. The average molecular weight is 304 g/mol. The van der Waals surface area contributed by atoms with Crippen LogP contribution in [0.4, 0.5) is 0 Å². The molecule has 0 aliphatic carbocycles. The van der Waals surface area contributed by atoms with E-state index in [9.17, 15) is 18.0 Å². The summed E-state index contributed by atoms with van der Waals surface area (Å²) in [4.78, 5) is 24.4. The molecule has 0 aromatic rings. The zero-order valence-electron chi connectivity index (χ0n) is 11.5. The lowest BCUT2D eigenvalue weighted by Crippen LogP contribution is -2.55. The zero-order chi connectivity index (χ0) is 14.9. The van der Waals surface area contributed by atoms with Crippen molar-refractivity contribution in [3.63, 3.8) is 0 Å². The van der Waals surface area contributed by atoms with Gasteiger partial charge >= 0.3 is 5.97 Å². The van der Waals surface area contributed by atoms with Crippen molar-refractivity contribution in [3.05, 3.63) is 0 Å². The Hall–Kier alpha value is -1.15.